The molecule has 0 atom stereocenters. The molecule has 0 aliphatic carbocycles. The molecule has 0 aliphatic rings. The molecule has 1 heterocycles. The number of likely N-dealkylation sites (N-methyl/N-ethyl adjacent to an activating group) is 1. The molecule has 2 aromatic rings. The third-order valence-electron chi connectivity index (χ3n) is 4.25. The molecule has 0 unspecified atom stereocenters. The number of hydrogen-bond acceptors (Lipinski definition) is 6. The summed E-state index contributed by atoms with van der Waals surface area (Å²) in [6.07, 6.45) is 3.85. The van der Waals surface area contributed by atoms with Gasteiger partial charge in [-0.2, -0.15) is 0 Å². The Morgan fingerprint density at radius 3 is 2.50 bits per heavy atom. The van der Waals surface area contributed by atoms with Crippen molar-refractivity contribution < 1.29 is 19.1 Å². The lowest BCUT2D eigenvalue weighted by Crippen LogP contribution is -2.33. The average molecular weight is 386 g/mol. The molecular weight excluding hydrogens is 360 g/mol. The molecule has 150 valence electrons. The molecule has 0 bridgehead atoms. The van der Waals surface area contributed by atoms with Crippen LogP contribution in [0.4, 0.5) is 0 Å². The summed E-state index contributed by atoms with van der Waals surface area (Å²) in [5.41, 5.74) is 2.02. The van der Waals surface area contributed by atoms with Gasteiger partial charge in [-0.05, 0) is 31.0 Å². The summed E-state index contributed by atoms with van der Waals surface area (Å²) in [6.45, 7) is 2.60. The lowest BCUT2D eigenvalue weighted by atomic mass is 10.1. The lowest BCUT2D eigenvalue weighted by molar-refractivity contribution is -0.129. The van der Waals surface area contributed by atoms with Gasteiger partial charge in [0.05, 0.1) is 26.1 Å². The van der Waals surface area contributed by atoms with Crippen molar-refractivity contribution in [1.82, 2.24) is 20.2 Å². The predicted octanol–water partition coefficient (Wildman–Crippen LogP) is 1.62. The highest BCUT2D eigenvalue weighted by atomic mass is 16.5. The number of ether oxygens (including phenoxy) is 2. The minimum Gasteiger partial charge on any atom is -0.493 e. The van der Waals surface area contributed by atoms with E-state index in [9.17, 15) is 9.59 Å². The van der Waals surface area contributed by atoms with Crippen molar-refractivity contribution in [2.24, 2.45) is 0 Å². The fourth-order valence-corrected chi connectivity index (χ4v) is 2.53. The van der Waals surface area contributed by atoms with Gasteiger partial charge in [-0.3, -0.25) is 14.6 Å². The van der Waals surface area contributed by atoms with E-state index in [0.717, 1.165) is 11.3 Å². The maximum Gasteiger partial charge on any atom is 0.271 e. The summed E-state index contributed by atoms with van der Waals surface area (Å²) >= 11 is 0. The number of rotatable bonds is 9. The summed E-state index contributed by atoms with van der Waals surface area (Å²) < 4.78 is 10.5. The maximum absolute atomic E-state index is 12.3. The zero-order valence-corrected chi connectivity index (χ0v) is 16.7. The van der Waals surface area contributed by atoms with Crippen LogP contribution in [0.25, 0.3) is 0 Å². The minimum atomic E-state index is -0.340. The first-order valence-electron chi connectivity index (χ1n) is 8.96. The lowest BCUT2D eigenvalue weighted by Gasteiger charge is -2.18. The highest BCUT2D eigenvalue weighted by Gasteiger charge is 2.12. The number of nitrogens with zero attached hydrogens (tertiary/aromatic N) is 3. The van der Waals surface area contributed by atoms with Crippen LogP contribution in [0.5, 0.6) is 11.5 Å². The summed E-state index contributed by atoms with van der Waals surface area (Å²) in [4.78, 5) is 33.9. The maximum atomic E-state index is 12.3. The van der Waals surface area contributed by atoms with E-state index < -0.39 is 0 Å². The van der Waals surface area contributed by atoms with Crippen molar-refractivity contribution in [3.63, 3.8) is 0 Å². The van der Waals surface area contributed by atoms with Crippen LogP contribution in [0, 0.1) is 6.92 Å². The molecule has 0 spiro atoms. The second-order valence-corrected chi connectivity index (χ2v) is 6.30. The number of hydrogen-bond donors (Lipinski definition) is 1. The van der Waals surface area contributed by atoms with E-state index in [1.807, 2.05) is 18.2 Å². The molecule has 0 aliphatic heterocycles. The molecule has 0 saturated carbocycles. The van der Waals surface area contributed by atoms with Gasteiger partial charge in [-0.25, -0.2) is 4.98 Å². The van der Waals surface area contributed by atoms with Gasteiger partial charge in [0, 0.05) is 32.8 Å². The Hall–Kier alpha value is -3.16. The smallest absolute Gasteiger partial charge is 0.271 e. The van der Waals surface area contributed by atoms with Crippen LogP contribution < -0.4 is 14.8 Å². The van der Waals surface area contributed by atoms with Gasteiger partial charge in [0.25, 0.3) is 5.91 Å². The van der Waals surface area contributed by atoms with E-state index in [-0.39, 0.29) is 30.5 Å². The minimum absolute atomic E-state index is 0.0456. The number of benzene rings is 1. The largest absolute Gasteiger partial charge is 0.493 e. The van der Waals surface area contributed by atoms with E-state index in [0.29, 0.717) is 24.5 Å². The third-order valence-corrected chi connectivity index (χ3v) is 4.25. The molecule has 8 heteroatoms. The number of methoxy groups -OCH3 is 2. The zero-order chi connectivity index (χ0) is 20.5. The van der Waals surface area contributed by atoms with Crippen LogP contribution >= 0.6 is 0 Å². The predicted molar refractivity (Wildman–Crippen MR) is 105 cm³/mol. The first kappa shape index (κ1) is 21.1. The van der Waals surface area contributed by atoms with Crippen molar-refractivity contribution >= 4 is 11.8 Å². The molecule has 2 amide bonds. The topological polar surface area (TPSA) is 93.7 Å². The Labute approximate surface area is 164 Å². The highest BCUT2D eigenvalue weighted by Crippen LogP contribution is 2.27. The Bertz CT molecular complexity index is 808. The molecule has 8 nitrogen and oxygen atoms in total. The van der Waals surface area contributed by atoms with Crippen LogP contribution in [0.3, 0.4) is 0 Å². The van der Waals surface area contributed by atoms with E-state index in [4.69, 9.17) is 9.47 Å². The van der Waals surface area contributed by atoms with E-state index in [1.54, 1.807) is 33.1 Å². The van der Waals surface area contributed by atoms with Gasteiger partial charge in [0.2, 0.25) is 5.91 Å². The quantitative estimate of drug-likeness (QED) is 0.704. The van der Waals surface area contributed by atoms with Crippen molar-refractivity contribution in [2.75, 3.05) is 34.4 Å². The second kappa shape index (κ2) is 10.2. The molecule has 2 rings (SSSR count). The summed E-state index contributed by atoms with van der Waals surface area (Å²) in [5, 5.41) is 2.69. The average Bonchev–Trinajstić information content (AvgIpc) is 2.71. The van der Waals surface area contributed by atoms with Gasteiger partial charge >= 0.3 is 0 Å². The molecule has 0 fully saturated rings. The Balaban J connectivity index is 1.76. The Morgan fingerprint density at radius 2 is 1.86 bits per heavy atom. The first-order chi connectivity index (χ1) is 13.4. The van der Waals surface area contributed by atoms with Crippen LogP contribution in [0.15, 0.2) is 30.6 Å². The molecule has 0 radical (unpaired) electrons. The van der Waals surface area contributed by atoms with Crippen molar-refractivity contribution in [1.29, 1.82) is 0 Å². The molecule has 1 aromatic heterocycles. The van der Waals surface area contributed by atoms with Gasteiger partial charge < -0.3 is 19.7 Å². The van der Waals surface area contributed by atoms with Crippen molar-refractivity contribution in [3.8, 4) is 11.5 Å². The standard InChI is InChI=1S/C20H26N4O4/c1-14-12-23-16(13-22-14)20(26)21-9-7-19(25)24(2)10-8-15-5-6-17(27-3)18(11-15)28-4/h5-6,11-13H,7-10H2,1-4H3,(H,21,26). The molecule has 0 saturated heterocycles. The monoisotopic (exact) mass is 386 g/mol. The highest BCUT2D eigenvalue weighted by molar-refractivity contribution is 5.92. The van der Waals surface area contributed by atoms with E-state index in [1.165, 1.54) is 12.4 Å². The number of aromatic nitrogens is 2. The summed E-state index contributed by atoms with van der Waals surface area (Å²) in [5.74, 6) is 0.949. The van der Waals surface area contributed by atoms with Gasteiger partial charge in [-0.15, -0.1) is 0 Å². The molecular formula is C20H26N4O4. The SMILES string of the molecule is COc1ccc(CCN(C)C(=O)CCNC(=O)c2cnc(C)cn2)cc1OC. The summed E-state index contributed by atoms with van der Waals surface area (Å²) in [6, 6.07) is 5.70. The molecule has 1 N–H and O–H groups in total. The molecule has 28 heavy (non-hydrogen) atoms. The van der Waals surface area contributed by atoms with Gasteiger partial charge in [0.15, 0.2) is 11.5 Å². The third kappa shape index (κ3) is 5.94. The number of nitrogens with one attached hydrogen (secondary N) is 1. The van der Waals surface area contributed by atoms with Gasteiger partial charge in [0.1, 0.15) is 5.69 Å². The number of carbonyl (C=O) groups is 2. The number of amides is 2. The van der Waals surface area contributed by atoms with E-state index in [2.05, 4.69) is 15.3 Å². The Kier molecular flexibility index (Phi) is 7.74. The van der Waals surface area contributed by atoms with Crippen molar-refractivity contribution in [3.05, 3.63) is 47.5 Å². The van der Waals surface area contributed by atoms with Crippen LogP contribution in [-0.4, -0.2) is 61.0 Å². The fourth-order valence-electron chi connectivity index (χ4n) is 2.53. The van der Waals surface area contributed by atoms with Crippen LogP contribution in [-0.2, 0) is 11.2 Å². The van der Waals surface area contributed by atoms with Crippen LogP contribution in [0.2, 0.25) is 0 Å². The first-order valence-corrected chi connectivity index (χ1v) is 8.96. The number of carbonyl (C=O) groups excluding carboxylic acids is 2. The van der Waals surface area contributed by atoms with Crippen LogP contribution in [0.1, 0.15) is 28.2 Å². The second-order valence-electron chi connectivity index (χ2n) is 6.30. The summed E-state index contributed by atoms with van der Waals surface area (Å²) in [7, 11) is 4.93. The van der Waals surface area contributed by atoms with Gasteiger partial charge in [-0.1, -0.05) is 6.07 Å². The fraction of sp³-hybridized carbons (Fsp3) is 0.400. The normalized spacial score (nSPS) is 10.3. The zero-order valence-electron chi connectivity index (χ0n) is 16.7. The van der Waals surface area contributed by atoms with E-state index >= 15 is 0 Å². The number of aryl methyl sites for hydroxylation is 1. The van der Waals surface area contributed by atoms with Crippen molar-refractivity contribution in [2.45, 2.75) is 19.8 Å². The molecule has 1 aromatic carbocycles. The Morgan fingerprint density at radius 1 is 1.11 bits per heavy atom.